The van der Waals surface area contributed by atoms with Gasteiger partial charge in [0.25, 0.3) is 0 Å². The molecular weight excluding hydrogens is 346 g/mol. The van der Waals surface area contributed by atoms with Gasteiger partial charge in [-0.25, -0.2) is 8.42 Å². The molecule has 0 spiro atoms. The third-order valence-corrected chi connectivity index (χ3v) is 4.63. The van der Waals surface area contributed by atoms with Crippen LogP contribution in [0.1, 0.15) is 91.4 Å². The van der Waals surface area contributed by atoms with Gasteiger partial charge >= 0.3 is 0 Å². The van der Waals surface area contributed by atoms with Gasteiger partial charge in [-0.2, -0.15) is 10.4 Å². The summed E-state index contributed by atoms with van der Waals surface area (Å²) in [5, 5.41) is 19.8. The highest BCUT2D eigenvalue weighted by molar-refractivity contribution is 7.80. The quantitative estimate of drug-likeness (QED) is 0.151. The first kappa shape index (κ1) is 27.0. The van der Waals surface area contributed by atoms with Gasteiger partial charge in [-0.15, -0.1) is 0 Å². The Morgan fingerprint density at radius 2 is 1.32 bits per heavy atom. The summed E-state index contributed by atoms with van der Waals surface area (Å²) in [6, 6.07) is -0.0633. The highest BCUT2D eigenvalue weighted by atomic mass is 32.3. The van der Waals surface area contributed by atoms with Gasteiger partial charge in [-0.05, 0) is 18.2 Å². The minimum Gasteiger partial charge on any atom is -0.726 e. The molecule has 0 aliphatic heterocycles. The summed E-state index contributed by atoms with van der Waals surface area (Å²) in [6.45, 7) is 6.71. The Bertz CT molecular complexity index is 387. The molecule has 8 heteroatoms. The molecule has 0 fully saturated rings. The third-order valence-electron chi connectivity index (χ3n) is 4.23. The predicted molar refractivity (Wildman–Crippen MR) is 97.0 cm³/mol. The van der Waals surface area contributed by atoms with Crippen molar-refractivity contribution >= 4 is 10.4 Å². The van der Waals surface area contributed by atoms with E-state index in [0.717, 1.165) is 32.8 Å². The zero-order valence-electron chi connectivity index (χ0n) is 16.4. The van der Waals surface area contributed by atoms with Crippen LogP contribution in [0.15, 0.2) is 0 Å². The molecule has 1 atom stereocenters. The van der Waals surface area contributed by atoms with Gasteiger partial charge in [0.1, 0.15) is 12.6 Å². The smallest absolute Gasteiger partial charge is 0.217 e. The average molecular weight is 386 g/mol. The van der Waals surface area contributed by atoms with Gasteiger partial charge in [0.2, 0.25) is 10.4 Å². The van der Waals surface area contributed by atoms with Gasteiger partial charge in [-0.3, -0.25) is 4.18 Å². The molecule has 0 bridgehead atoms. The Morgan fingerprint density at radius 3 is 1.72 bits per heavy atom. The number of hydrogen-bond donors (Lipinski definition) is 2. The van der Waals surface area contributed by atoms with Crippen LogP contribution < -0.4 is 0 Å². The Balaban J connectivity index is 0. The first-order chi connectivity index (χ1) is 11.6. The minimum absolute atomic E-state index is 0.0633. The molecule has 0 rings (SSSR count). The molecule has 154 valence electrons. The van der Waals surface area contributed by atoms with Crippen molar-refractivity contribution in [2.75, 3.05) is 13.7 Å². The van der Waals surface area contributed by atoms with Crippen molar-refractivity contribution in [3.8, 4) is 0 Å². The van der Waals surface area contributed by atoms with Crippen molar-refractivity contribution < 1.29 is 32.4 Å². The van der Waals surface area contributed by atoms with E-state index < -0.39 is 15.2 Å². The van der Waals surface area contributed by atoms with E-state index >= 15 is 0 Å². The van der Waals surface area contributed by atoms with Crippen molar-refractivity contribution in [1.29, 1.82) is 0 Å². The molecule has 0 aliphatic carbocycles. The van der Waals surface area contributed by atoms with E-state index in [1.165, 1.54) is 44.9 Å². The van der Waals surface area contributed by atoms with Crippen LogP contribution in [0.4, 0.5) is 0 Å². The SMILES string of the molecule is CCCCCCCCCCC(C)[N+](O)(O)CCCC.COS(=O)(=O)[O-]. The standard InChI is InChI=1S/C16H36NO2.CH4O4S/c1-4-6-8-9-10-11-12-13-14-16(3)17(18,19)15-7-5-2;1-5-6(2,3)4/h16,18-19H,4-15H2,1-3H3;1H3,(H,2,3,4)/q+1;/p-1. The molecule has 1 unspecified atom stereocenters. The van der Waals surface area contributed by atoms with Crippen LogP contribution in [0.2, 0.25) is 0 Å². The Labute approximate surface area is 154 Å². The molecule has 0 saturated carbocycles. The van der Waals surface area contributed by atoms with Crippen LogP contribution in [0.25, 0.3) is 0 Å². The fraction of sp³-hybridized carbons (Fsp3) is 1.00. The lowest BCUT2D eigenvalue weighted by Crippen LogP contribution is -2.49. The zero-order valence-corrected chi connectivity index (χ0v) is 17.3. The average Bonchev–Trinajstić information content (AvgIpc) is 2.55. The zero-order chi connectivity index (χ0) is 19.8. The van der Waals surface area contributed by atoms with Crippen LogP contribution in [0.3, 0.4) is 0 Å². The maximum absolute atomic E-state index is 9.91. The van der Waals surface area contributed by atoms with E-state index in [4.69, 9.17) is 0 Å². The van der Waals surface area contributed by atoms with E-state index in [1.807, 2.05) is 6.92 Å². The van der Waals surface area contributed by atoms with Crippen LogP contribution >= 0.6 is 0 Å². The molecule has 0 amide bonds. The van der Waals surface area contributed by atoms with Crippen LogP contribution in [0.5, 0.6) is 0 Å². The van der Waals surface area contributed by atoms with Gasteiger partial charge in [0, 0.05) is 12.8 Å². The van der Waals surface area contributed by atoms with Crippen molar-refractivity contribution in [2.24, 2.45) is 0 Å². The first-order valence-corrected chi connectivity index (χ1v) is 10.8. The molecule has 2 N–H and O–H groups in total. The number of rotatable bonds is 14. The second-order valence-corrected chi connectivity index (χ2v) is 7.70. The number of unbranched alkanes of at least 4 members (excludes halogenated alkanes) is 8. The summed E-state index contributed by atoms with van der Waals surface area (Å²) >= 11 is 0. The topological polar surface area (TPSA) is 107 Å². The van der Waals surface area contributed by atoms with Gasteiger partial charge in [0.15, 0.2) is 0 Å². The summed E-state index contributed by atoms with van der Waals surface area (Å²) in [5.41, 5.74) is 0. The molecule has 0 saturated heterocycles. The second kappa shape index (κ2) is 16.0. The van der Waals surface area contributed by atoms with Crippen molar-refractivity contribution in [2.45, 2.75) is 97.4 Å². The lowest BCUT2D eigenvalue weighted by molar-refractivity contribution is -1.26. The summed E-state index contributed by atoms with van der Waals surface area (Å²) in [5.74, 6) is 0. The number of quaternary nitrogens is 1. The van der Waals surface area contributed by atoms with Crippen LogP contribution in [0, 0.1) is 0 Å². The van der Waals surface area contributed by atoms with E-state index in [0.29, 0.717) is 6.54 Å². The van der Waals surface area contributed by atoms with E-state index in [1.54, 1.807) is 0 Å². The molecule has 0 radical (unpaired) electrons. The van der Waals surface area contributed by atoms with E-state index in [-0.39, 0.29) is 6.04 Å². The third kappa shape index (κ3) is 19.9. The fourth-order valence-corrected chi connectivity index (χ4v) is 2.39. The van der Waals surface area contributed by atoms with Gasteiger partial charge in [-0.1, -0.05) is 65.2 Å². The van der Waals surface area contributed by atoms with Gasteiger partial charge in [0.05, 0.1) is 7.11 Å². The molecular formula is C17H39NO6S. The van der Waals surface area contributed by atoms with Gasteiger partial charge < -0.3 is 4.55 Å². The highest BCUT2D eigenvalue weighted by Crippen LogP contribution is 2.16. The molecule has 7 nitrogen and oxygen atoms in total. The maximum atomic E-state index is 9.91. The van der Waals surface area contributed by atoms with Crippen LogP contribution in [-0.4, -0.2) is 47.9 Å². The van der Waals surface area contributed by atoms with Crippen molar-refractivity contribution in [1.82, 2.24) is 0 Å². The van der Waals surface area contributed by atoms with Crippen molar-refractivity contribution in [3.63, 3.8) is 0 Å². The number of hydroxylamine groups is 4. The molecule has 25 heavy (non-hydrogen) atoms. The van der Waals surface area contributed by atoms with E-state index in [9.17, 15) is 23.4 Å². The lowest BCUT2D eigenvalue weighted by atomic mass is 10.0. The monoisotopic (exact) mass is 385 g/mol. The second-order valence-electron chi connectivity index (χ2n) is 6.55. The van der Waals surface area contributed by atoms with Crippen molar-refractivity contribution in [3.05, 3.63) is 0 Å². The summed E-state index contributed by atoms with van der Waals surface area (Å²) in [6.07, 6.45) is 13.2. The molecule has 0 aromatic heterocycles. The molecule has 0 aromatic carbocycles. The largest absolute Gasteiger partial charge is 0.726 e. The predicted octanol–water partition coefficient (Wildman–Crippen LogP) is 4.39. The molecule has 0 aliphatic rings. The number of hydrogen-bond acceptors (Lipinski definition) is 6. The van der Waals surface area contributed by atoms with Crippen LogP contribution in [-0.2, 0) is 14.6 Å². The molecule has 0 heterocycles. The summed E-state index contributed by atoms with van der Waals surface area (Å²) in [7, 11) is -3.60. The first-order valence-electron chi connectivity index (χ1n) is 9.45. The Morgan fingerprint density at radius 1 is 0.920 bits per heavy atom. The minimum atomic E-state index is -4.41. The summed E-state index contributed by atoms with van der Waals surface area (Å²) in [4.78, 5) is -0.787. The Kier molecular flexibility index (Phi) is 17.2. The van der Waals surface area contributed by atoms with E-state index in [2.05, 4.69) is 18.0 Å². The normalized spacial score (nSPS) is 13.2. The Hall–Kier alpha value is -0.250. The number of nitrogens with zero attached hydrogens (tertiary/aromatic N) is 1. The highest BCUT2D eigenvalue weighted by Gasteiger charge is 2.29. The fourth-order valence-electron chi connectivity index (χ4n) is 2.39. The summed E-state index contributed by atoms with van der Waals surface area (Å²) < 4.78 is 31.0. The molecule has 0 aromatic rings. The maximum Gasteiger partial charge on any atom is 0.217 e. The lowest BCUT2D eigenvalue weighted by Gasteiger charge is -2.27.